The summed E-state index contributed by atoms with van der Waals surface area (Å²) < 4.78 is 1.62. The number of nitrogens with zero attached hydrogens (tertiary/aromatic N) is 5. The quantitative estimate of drug-likeness (QED) is 0.592. The molecule has 8 heteroatoms. The van der Waals surface area contributed by atoms with E-state index in [0.29, 0.717) is 25.5 Å². The van der Waals surface area contributed by atoms with Crippen molar-refractivity contribution in [3.8, 4) is 0 Å². The summed E-state index contributed by atoms with van der Waals surface area (Å²) in [6.45, 7) is 4.46. The summed E-state index contributed by atoms with van der Waals surface area (Å²) in [4.78, 5) is 18.9. The average molecular weight is 297 g/mol. The van der Waals surface area contributed by atoms with Crippen molar-refractivity contribution < 1.29 is 10.0 Å². The van der Waals surface area contributed by atoms with Gasteiger partial charge in [-0.3, -0.25) is 4.90 Å². The molecule has 2 rings (SSSR count). The fourth-order valence-corrected chi connectivity index (χ4v) is 2.95. The van der Waals surface area contributed by atoms with E-state index in [0.717, 1.165) is 13.0 Å². The summed E-state index contributed by atoms with van der Waals surface area (Å²) in [5.74, 6) is 0.669. The van der Waals surface area contributed by atoms with Gasteiger partial charge in [0.2, 0.25) is 0 Å². The van der Waals surface area contributed by atoms with Crippen LogP contribution in [-0.2, 0) is 6.54 Å². The molecule has 21 heavy (non-hydrogen) atoms. The number of imidazole rings is 1. The largest absolute Gasteiger partial charge is 0.392 e. The van der Waals surface area contributed by atoms with E-state index in [1.54, 1.807) is 11.5 Å². The first-order valence-corrected chi connectivity index (χ1v) is 7.12. The zero-order valence-electron chi connectivity index (χ0n) is 12.8. The third-order valence-electron chi connectivity index (χ3n) is 3.91. The van der Waals surface area contributed by atoms with E-state index in [4.69, 9.17) is 0 Å². The van der Waals surface area contributed by atoms with E-state index in [2.05, 4.69) is 14.8 Å². The molecule has 0 aliphatic carbocycles. The van der Waals surface area contributed by atoms with Crippen LogP contribution < -0.4 is 0 Å². The minimum Gasteiger partial charge on any atom is -0.392 e. The molecule has 118 valence electrons. The molecule has 1 aromatic rings. The number of likely N-dealkylation sites (N-methyl/N-ethyl adjacent to an activating group) is 1. The molecule has 0 bridgehead atoms. The Kier molecular flexibility index (Phi) is 4.92. The minimum absolute atomic E-state index is 0.0244. The Morgan fingerprint density at radius 2 is 2.24 bits per heavy atom. The third kappa shape index (κ3) is 3.78. The van der Waals surface area contributed by atoms with Crippen molar-refractivity contribution in [1.29, 1.82) is 0 Å². The van der Waals surface area contributed by atoms with Crippen LogP contribution in [0.5, 0.6) is 0 Å². The highest BCUT2D eigenvalue weighted by atomic mass is 16.6. The standard InChI is InChI=1S/C13H23N5O3/c1-10-14-7-13(18(20)21)17(10)5-4-16-9-12(19)6-11(16)8-15(2)3/h7,11-12,19H,4-6,8-9H2,1-3H3. The third-order valence-corrected chi connectivity index (χ3v) is 3.91. The molecule has 2 atom stereocenters. The van der Waals surface area contributed by atoms with Crippen LogP contribution in [0.15, 0.2) is 6.20 Å². The Labute approximate surface area is 124 Å². The van der Waals surface area contributed by atoms with Gasteiger partial charge in [-0.25, -0.2) is 9.55 Å². The van der Waals surface area contributed by atoms with Crippen LogP contribution in [0.25, 0.3) is 0 Å². The second-order valence-corrected chi connectivity index (χ2v) is 5.87. The molecule has 0 amide bonds. The van der Waals surface area contributed by atoms with E-state index >= 15 is 0 Å². The SMILES string of the molecule is Cc1ncc([N+](=O)[O-])n1CCN1CC(O)CC1CN(C)C. The normalized spacial score (nSPS) is 23.1. The van der Waals surface area contributed by atoms with Crippen molar-refractivity contribution in [2.24, 2.45) is 0 Å². The number of aryl methyl sites for hydroxylation is 1. The zero-order chi connectivity index (χ0) is 15.6. The minimum atomic E-state index is -0.407. The van der Waals surface area contributed by atoms with Crippen LogP contribution in [0.1, 0.15) is 12.2 Å². The molecular weight excluding hydrogens is 274 g/mol. The highest BCUT2D eigenvalue weighted by molar-refractivity contribution is 5.18. The van der Waals surface area contributed by atoms with E-state index in [1.165, 1.54) is 6.20 Å². The van der Waals surface area contributed by atoms with Crippen molar-refractivity contribution >= 4 is 5.82 Å². The van der Waals surface area contributed by atoms with Crippen molar-refractivity contribution in [3.63, 3.8) is 0 Å². The molecule has 8 nitrogen and oxygen atoms in total. The van der Waals surface area contributed by atoms with Gasteiger partial charge in [-0.2, -0.15) is 0 Å². The van der Waals surface area contributed by atoms with Gasteiger partial charge in [0.05, 0.1) is 6.10 Å². The van der Waals surface area contributed by atoms with E-state index < -0.39 is 4.92 Å². The molecule has 0 spiro atoms. The first kappa shape index (κ1) is 15.9. The molecule has 2 unspecified atom stereocenters. The Balaban J connectivity index is 2.01. The maximum atomic E-state index is 11.0. The first-order chi connectivity index (χ1) is 9.88. The van der Waals surface area contributed by atoms with Gasteiger partial charge < -0.3 is 20.1 Å². The Morgan fingerprint density at radius 1 is 1.52 bits per heavy atom. The number of hydrogen-bond acceptors (Lipinski definition) is 6. The van der Waals surface area contributed by atoms with Gasteiger partial charge in [0.15, 0.2) is 5.82 Å². The summed E-state index contributed by atoms with van der Waals surface area (Å²) in [5.41, 5.74) is 0. The van der Waals surface area contributed by atoms with E-state index in [-0.39, 0.29) is 18.0 Å². The average Bonchev–Trinajstić information content (AvgIpc) is 2.89. The fourth-order valence-electron chi connectivity index (χ4n) is 2.95. The number of rotatable bonds is 6. The Morgan fingerprint density at radius 3 is 2.86 bits per heavy atom. The second-order valence-electron chi connectivity index (χ2n) is 5.87. The van der Waals surface area contributed by atoms with Crippen LogP contribution >= 0.6 is 0 Å². The topological polar surface area (TPSA) is 87.7 Å². The summed E-state index contributed by atoms with van der Waals surface area (Å²) in [6, 6.07) is 0.290. The smallest absolute Gasteiger partial charge is 0.342 e. The number of β-amino-alcohol motifs (C(OH)–C–C–N with tert-alkyl or cyclic N) is 1. The molecule has 1 saturated heterocycles. The number of nitro groups is 1. The molecule has 1 fully saturated rings. The first-order valence-electron chi connectivity index (χ1n) is 7.12. The van der Waals surface area contributed by atoms with Gasteiger partial charge in [-0.1, -0.05) is 0 Å². The van der Waals surface area contributed by atoms with Gasteiger partial charge in [0, 0.05) is 32.6 Å². The maximum Gasteiger partial charge on any atom is 0.342 e. The highest BCUT2D eigenvalue weighted by Gasteiger charge is 2.31. The molecule has 1 aromatic heterocycles. The van der Waals surface area contributed by atoms with Crippen LogP contribution in [0.4, 0.5) is 5.82 Å². The number of aliphatic hydroxyl groups is 1. The number of likely N-dealkylation sites (tertiary alicyclic amines) is 1. The number of aliphatic hydroxyl groups excluding tert-OH is 1. The highest BCUT2D eigenvalue weighted by Crippen LogP contribution is 2.20. The van der Waals surface area contributed by atoms with Crippen molar-refractivity contribution in [3.05, 3.63) is 22.1 Å². The molecule has 0 saturated carbocycles. The second kappa shape index (κ2) is 6.50. The monoisotopic (exact) mass is 297 g/mol. The summed E-state index contributed by atoms with van der Waals surface area (Å²) in [6.07, 6.45) is 1.74. The molecular formula is C13H23N5O3. The van der Waals surface area contributed by atoms with E-state index in [9.17, 15) is 15.2 Å². The lowest BCUT2D eigenvalue weighted by atomic mass is 10.2. The Hall–Kier alpha value is -1.51. The fraction of sp³-hybridized carbons (Fsp3) is 0.769. The van der Waals surface area contributed by atoms with Crippen molar-refractivity contribution in [2.75, 3.05) is 33.7 Å². The van der Waals surface area contributed by atoms with Crippen LogP contribution in [0, 0.1) is 17.0 Å². The number of aromatic nitrogens is 2. The Bertz CT molecular complexity index is 502. The van der Waals surface area contributed by atoms with Crippen LogP contribution in [0.2, 0.25) is 0 Å². The lowest BCUT2D eigenvalue weighted by Gasteiger charge is -2.26. The summed E-state index contributed by atoms with van der Waals surface area (Å²) in [7, 11) is 4.02. The van der Waals surface area contributed by atoms with E-state index in [1.807, 2.05) is 14.1 Å². The van der Waals surface area contributed by atoms with Gasteiger partial charge in [-0.15, -0.1) is 0 Å². The maximum absolute atomic E-state index is 11.0. The molecule has 1 N–H and O–H groups in total. The van der Waals surface area contributed by atoms with Crippen LogP contribution in [-0.4, -0.2) is 75.3 Å². The lowest BCUT2D eigenvalue weighted by molar-refractivity contribution is -0.392. The molecule has 1 aliphatic rings. The van der Waals surface area contributed by atoms with Gasteiger partial charge in [0.25, 0.3) is 0 Å². The summed E-state index contributed by atoms with van der Waals surface area (Å²) >= 11 is 0. The predicted octanol–water partition coefficient (Wildman–Crippen LogP) is 0.0965. The summed E-state index contributed by atoms with van der Waals surface area (Å²) in [5, 5.41) is 20.8. The van der Waals surface area contributed by atoms with Gasteiger partial charge >= 0.3 is 5.82 Å². The van der Waals surface area contributed by atoms with Crippen molar-refractivity contribution in [2.45, 2.75) is 32.0 Å². The predicted molar refractivity (Wildman–Crippen MR) is 78.2 cm³/mol. The molecule has 2 heterocycles. The van der Waals surface area contributed by atoms with Gasteiger partial charge in [0.1, 0.15) is 12.7 Å². The number of hydrogen-bond donors (Lipinski definition) is 1. The molecule has 0 aromatic carbocycles. The lowest BCUT2D eigenvalue weighted by Crippen LogP contribution is -2.39. The molecule has 1 aliphatic heterocycles. The van der Waals surface area contributed by atoms with Crippen molar-refractivity contribution in [1.82, 2.24) is 19.4 Å². The molecule has 0 radical (unpaired) electrons. The zero-order valence-corrected chi connectivity index (χ0v) is 12.8. The van der Waals surface area contributed by atoms with Crippen LogP contribution in [0.3, 0.4) is 0 Å². The van der Waals surface area contributed by atoms with Gasteiger partial charge in [-0.05, 0) is 25.4 Å².